The van der Waals surface area contributed by atoms with Gasteiger partial charge in [0.2, 0.25) is 5.71 Å². The van der Waals surface area contributed by atoms with E-state index < -0.39 is 5.56 Å². The summed E-state index contributed by atoms with van der Waals surface area (Å²) in [6.07, 6.45) is 1.86. The Balaban J connectivity index is 1.52. The molecule has 0 fully saturated rings. The summed E-state index contributed by atoms with van der Waals surface area (Å²) < 4.78 is 11.2. The number of ether oxygens (including phenoxy) is 1. The van der Waals surface area contributed by atoms with E-state index in [0.29, 0.717) is 12.3 Å². The van der Waals surface area contributed by atoms with Gasteiger partial charge in [-0.05, 0) is 18.6 Å². The first-order valence-corrected chi connectivity index (χ1v) is 7.63. The Morgan fingerprint density at radius 1 is 1.42 bits per heavy atom. The highest BCUT2D eigenvalue weighted by Crippen LogP contribution is 2.28. The monoisotopic (exact) mass is 325 g/mol. The van der Waals surface area contributed by atoms with Crippen LogP contribution in [0.25, 0.3) is 11.1 Å². The first-order valence-electron chi connectivity index (χ1n) is 7.63. The fraction of sp³-hybridized carbons (Fsp3) is 0.235. The molecule has 1 aliphatic rings. The second-order valence-corrected chi connectivity index (χ2v) is 5.71. The molecule has 3 heterocycles. The van der Waals surface area contributed by atoms with Crippen molar-refractivity contribution in [1.29, 1.82) is 0 Å². The zero-order chi connectivity index (χ0) is 16.7. The molecule has 7 heteroatoms. The van der Waals surface area contributed by atoms with Crippen LogP contribution in [0.1, 0.15) is 21.7 Å². The van der Waals surface area contributed by atoms with Crippen molar-refractivity contribution in [1.82, 2.24) is 15.3 Å². The van der Waals surface area contributed by atoms with Gasteiger partial charge >= 0.3 is 0 Å². The van der Waals surface area contributed by atoms with Gasteiger partial charge in [0.05, 0.1) is 18.4 Å². The van der Waals surface area contributed by atoms with Gasteiger partial charge in [0.15, 0.2) is 0 Å². The number of rotatable bonds is 3. The van der Waals surface area contributed by atoms with E-state index in [1.165, 1.54) is 6.33 Å². The fourth-order valence-corrected chi connectivity index (χ4v) is 2.99. The molecule has 1 aliphatic heterocycles. The summed E-state index contributed by atoms with van der Waals surface area (Å²) in [4.78, 5) is 30.9. The predicted octanol–water partition coefficient (Wildman–Crippen LogP) is 1.56. The van der Waals surface area contributed by atoms with Crippen LogP contribution in [0.15, 0.2) is 39.8 Å². The smallest absolute Gasteiger partial charge is 0.262 e. The topological polar surface area (TPSA) is 97.2 Å². The first kappa shape index (κ1) is 14.5. The average Bonchev–Trinajstić information content (AvgIpc) is 3.13. The van der Waals surface area contributed by atoms with Crippen molar-refractivity contribution in [2.45, 2.75) is 19.4 Å². The lowest BCUT2D eigenvalue weighted by Gasteiger charge is -2.11. The maximum Gasteiger partial charge on any atom is 0.262 e. The van der Waals surface area contributed by atoms with E-state index in [1.54, 1.807) is 6.92 Å². The zero-order valence-electron chi connectivity index (χ0n) is 13.0. The minimum absolute atomic E-state index is 0.124. The second-order valence-electron chi connectivity index (χ2n) is 5.71. The molecule has 1 atom stereocenters. The number of aromatic amines is 1. The number of para-hydroxylation sites is 1. The summed E-state index contributed by atoms with van der Waals surface area (Å²) >= 11 is 0. The average molecular weight is 325 g/mol. The number of carbonyl (C=O) groups is 1. The fourth-order valence-electron chi connectivity index (χ4n) is 2.99. The second kappa shape index (κ2) is 5.52. The summed E-state index contributed by atoms with van der Waals surface area (Å²) in [5.41, 5.74) is 1.11. The number of carbonyl (C=O) groups excluding carboxylic acids is 1. The molecule has 0 radical (unpaired) electrons. The van der Waals surface area contributed by atoms with Crippen LogP contribution in [-0.4, -0.2) is 28.5 Å². The van der Waals surface area contributed by atoms with Gasteiger partial charge in [0, 0.05) is 6.42 Å². The Morgan fingerprint density at radius 3 is 3.08 bits per heavy atom. The van der Waals surface area contributed by atoms with Crippen LogP contribution < -0.4 is 15.6 Å². The Labute approximate surface area is 136 Å². The lowest BCUT2D eigenvalue weighted by Crippen LogP contribution is -2.35. The highest BCUT2D eigenvalue weighted by Gasteiger charge is 2.25. The molecule has 4 rings (SSSR count). The highest BCUT2D eigenvalue weighted by atomic mass is 16.5. The SMILES string of the molecule is Cc1oc2nc[nH]c(=O)c2c1C(=O)NCC1Cc2ccccc2O1. The van der Waals surface area contributed by atoms with Crippen molar-refractivity contribution in [3.63, 3.8) is 0 Å². The van der Waals surface area contributed by atoms with E-state index >= 15 is 0 Å². The van der Waals surface area contributed by atoms with Crippen molar-refractivity contribution < 1.29 is 13.9 Å². The molecule has 1 unspecified atom stereocenters. The van der Waals surface area contributed by atoms with Crippen molar-refractivity contribution in [2.75, 3.05) is 6.54 Å². The van der Waals surface area contributed by atoms with Crippen LogP contribution in [-0.2, 0) is 6.42 Å². The number of nitrogens with zero attached hydrogens (tertiary/aromatic N) is 1. The molecule has 0 aliphatic carbocycles. The maximum absolute atomic E-state index is 12.5. The number of nitrogens with one attached hydrogen (secondary N) is 2. The van der Waals surface area contributed by atoms with Crippen LogP contribution in [0.2, 0.25) is 0 Å². The van der Waals surface area contributed by atoms with Gasteiger partial charge < -0.3 is 19.5 Å². The lowest BCUT2D eigenvalue weighted by atomic mass is 10.1. The molecular formula is C17H15N3O4. The quantitative estimate of drug-likeness (QED) is 0.761. The largest absolute Gasteiger partial charge is 0.488 e. The van der Waals surface area contributed by atoms with E-state index in [1.807, 2.05) is 24.3 Å². The van der Waals surface area contributed by atoms with Crippen molar-refractivity contribution in [3.05, 3.63) is 57.8 Å². The Morgan fingerprint density at radius 2 is 2.25 bits per heavy atom. The molecule has 3 aromatic rings. The molecule has 2 N–H and O–H groups in total. The first-order chi connectivity index (χ1) is 11.6. The molecule has 0 saturated carbocycles. The number of aryl methyl sites for hydroxylation is 1. The third kappa shape index (κ3) is 2.34. The summed E-state index contributed by atoms with van der Waals surface area (Å²) in [6, 6.07) is 7.80. The number of benzene rings is 1. The van der Waals surface area contributed by atoms with E-state index in [9.17, 15) is 9.59 Å². The van der Waals surface area contributed by atoms with Gasteiger partial charge in [0.25, 0.3) is 11.5 Å². The standard InChI is InChI=1S/C17H15N3O4/c1-9-13(14-16(22)19-8-20-17(14)23-9)15(21)18-7-11-6-10-4-2-3-5-12(10)24-11/h2-5,8,11H,6-7H2,1H3,(H,18,21)(H,19,20,22). The molecule has 7 nitrogen and oxygen atoms in total. The molecule has 0 spiro atoms. The molecule has 122 valence electrons. The van der Waals surface area contributed by atoms with Gasteiger partial charge in [-0.1, -0.05) is 18.2 Å². The van der Waals surface area contributed by atoms with E-state index in [2.05, 4.69) is 15.3 Å². The van der Waals surface area contributed by atoms with Gasteiger partial charge in [-0.25, -0.2) is 4.98 Å². The van der Waals surface area contributed by atoms with Crippen molar-refractivity contribution in [3.8, 4) is 5.75 Å². The normalized spacial score (nSPS) is 16.0. The Hall–Kier alpha value is -3.09. The van der Waals surface area contributed by atoms with Crippen molar-refractivity contribution in [2.24, 2.45) is 0 Å². The van der Waals surface area contributed by atoms with Gasteiger partial charge in [0.1, 0.15) is 23.0 Å². The molecule has 24 heavy (non-hydrogen) atoms. The number of hydrogen-bond donors (Lipinski definition) is 2. The van der Waals surface area contributed by atoms with Crippen molar-refractivity contribution >= 4 is 17.0 Å². The third-order valence-corrected chi connectivity index (χ3v) is 4.10. The zero-order valence-corrected chi connectivity index (χ0v) is 13.0. The minimum atomic E-state index is -0.397. The maximum atomic E-state index is 12.5. The summed E-state index contributed by atoms with van der Waals surface area (Å²) in [7, 11) is 0. The number of furan rings is 1. The number of amides is 1. The molecule has 1 amide bonds. The number of hydrogen-bond acceptors (Lipinski definition) is 5. The van der Waals surface area contributed by atoms with Gasteiger partial charge in [-0.15, -0.1) is 0 Å². The molecule has 2 aromatic heterocycles. The van der Waals surface area contributed by atoms with E-state index in [-0.39, 0.29) is 28.7 Å². The van der Waals surface area contributed by atoms with E-state index in [4.69, 9.17) is 9.15 Å². The lowest BCUT2D eigenvalue weighted by molar-refractivity contribution is 0.0933. The third-order valence-electron chi connectivity index (χ3n) is 4.10. The van der Waals surface area contributed by atoms with Gasteiger partial charge in [-0.2, -0.15) is 0 Å². The predicted molar refractivity (Wildman–Crippen MR) is 86.3 cm³/mol. The summed E-state index contributed by atoms with van der Waals surface area (Å²) in [5.74, 6) is 0.842. The Bertz CT molecular complexity index is 964. The Kier molecular flexibility index (Phi) is 3.34. The van der Waals surface area contributed by atoms with Crippen LogP contribution in [0.5, 0.6) is 5.75 Å². The van der Waals surface area contributed by atoms with Crippen LogP contribution in [0, 0.1) is 6.92 Å². The van der Waals surface area contributed by atoms with E-state index in [0.717, 1.165) is 17.7 Å². The molecule has 0 saturated heterocycles. The molecule has 1 aromatic carbocycles. The number of aromatic nitrogens is 2. The summed E-state index contributed by atoms with van der Waals surface area (Å²) in [5, 5.41) is 2.99. The number of fused-ring (bicyclic) bond motifs is 2. The van der Waals surface area contributed by atoms with Crippen LogP contribution in [0.4, 0.5) is 0 Å². The van der Waals surface area contributed by atoms with Crippen LogP contribution in [0.3, 0.4) is 0 Å². The minimum Gasteiger partial charge on any atom is -0.488 e. The summed E-state index contributed by atoms with van der Waals surface area (Å²) in [6.45, 7) is 1.98. The molecule has 0 bridgehead atoms. The number of H-pyrrole nitrogens is 1. The van der Waals surface area contributed by atoms with Gasteiger partial charge in [-0.3, -0.25) is 9.59 Å². The highest BCUT2D eigenvalue weighted by molar-refractivity contribution is 6.06. The molecular weight excluding hydrogens is 310 g/mol. The van der Waals surface area contributed by atoms with Crippen LogP contribution >= 0.6 is 0 Å².